The maximum absolute atomic E-state index is 12.9. The Morgan fingerprint density at radius 1 is 1.07 bits per heavy atom. The van der Waals surface area contributed by atoms with Crippen molar-refractivity contribution < 1.29 is 14.3 Å². The molecular weight excluding hydrogens is 354 g/mol. The number of hydrogen-bond donors (Lipinski definition) is 0. The number of esters is 1. The molecule has 3 aromatic rings. The molecule has 1 amide bonds. The van der Waals surface area contributed by atoms with E-state index in [2.05, 4.69) is 9.97 Å². The number of ether oxygens (including phenoxy) is 1. The molecule has 0 spiro atoms. The summed E-state index contributed by atoms with van der Waals surface area (Å²) in [6.07, 6.45) is 4.54. The standard InChI is InChI=1S/C22H21N3O3/c1-15(21(26)25-12-4-5-13-25)28-22(27)18-14-20(16-8-10-23-11-9-16)24-19-7-3-2-6-17(18)19/h2-3,6-11,14-15H,4-5,12-13H2,1H3/t15-/m0/s1. The largest absolute Gasteiger partial charge is 0.449 e. The number of fused-ring (bicyclic) bond motifs is 1. The van der Waals surface area contributed by atoms with Gasteiger partial charge in [-0.2, -0.15) is 0 Å². The van der Waals surface area contributed by atoms with Crippen molar-refractivity contribution in [2.75, 3.05) is 13.1 Å². The second-order valence-electron chi connectivity index (χ2n) is 6.89. The molecule has 0 unspecified atom stereocenters. The van der Waals surface area contributed by atoms with Crippen molar-refractivity contribution in [1.82, 2.24) is 14.9 Å². The first kappa shape index (κ1) is 18.1. The summed E-state index contributed by atoms with van der Waals surface area (Å²) < 4.78 is 5.54. The minimum absolute atomic E-state index is 0.140. The minimum atomic E-state index is -0.818. The Balaban J connectivity index is 1.66. The Morgan fingerprint density at radius 2 is 1.79 bits per heavy atom. The average Bonchev–Trinajstić information content (AvgIpc) is 3.27. The maximum atomic E-state index is 12.9. The van der Waals surface area contributed by atoms with Gasteiger partial charge in [-0.25, -0.2) is 9.78 Å². The van der Waals surface area contributed by atoms with Crippen molar-refractivity contribution in [2.45, 2.75) is 25.9 Å². The highest BCUT2D eigenvalue weighted by Crippen LogP contribution is 2.25. The number of nitrogens with zero attached hydrogens (tertiary/aromatic N) is 3. The van der Waals surface area contributed by atoms with E-state index in [0.717, 1.165) is 31.5 Å². The lowest BCUT2D eigenvalue weighted by Crippen LogP contribution is -2.38. The van der Waals surface area contributed by atoms with E-state index in [1.165, 1.54) is 0 Å². The van der Waals surface area contributed by atoms with E-state index in [4.69, 9.17) is 4.74 Å². The summed E-state index contributed by atoms with van der Waals surface area (Å²) in [6.45, 7) is 3.09. The second kappa shape index (κ2) is 7.76. The van der Waals surface area contributed by atoms with Crippen molar-refractivity contribution in [1.29, 1.82) is 0 Å². The van der Waals surface area contributed by atoms with Gasteiger partial charge in [-0.05, 0) is 44.0 Å². The smallest absolute Gasteiger partial charge is 0.339 e. The summed E-state index contributed by atoms with van der Waals surface area (Å²) in [5, 5.41) is 0.700. The molecule has 1 atom stereocenters. The molecule has 6 nitrogen and oxygen atoms in total. The van der Waals surface area contributed by atoms with Crippen LogP contribution in [0.5, 0.6) is 0 Å². The number of hydrogen-bond acceptors (Lipinski definition) is 5. The molecule has 1 aliphatic rings. The van der Waals surface area contributed by atoms with Crippen LogP contribution < -0.4 is 0 Å². The van der Waals surface area contributed by atoms with Gasteiger partial charge in [-0.15, -0.1) is 0 Å². The SMILES string of the molecule is C[C@H](OC(=O)c1cc(-c2ccncc2)nc2ccccc12)C(=O)N1CCCC1. The van der Waals surface area contributed by atoms with Gasteiger partial charge in [0.05, 0.1) is 16.8 Å². The van der Waals surface area contributed by atoms with Crippen LogP contribution in [0.15, 0.2) is 54.9 Å². The van der Waals surface area contributed by atoms with Gasteiger partial charge >= 0.3 is 5.97 Å². The normalized spacial score (nSPS) is 14.8. The highest BCUT2D eigenvalue weighted by molar-refractivity contribution is 6.05. The molecule has 1 saturated heterocycles. The lowest BCUT2D eigenvalue weighted by Gasteiger charge is -2.20. The topological polar surface area (TPSA) is 72.4 Å². The minimum Gasteiger partial charge on any atom is -0.449 e. The Morgan fingerprint density at radius 3 is 2.54 bits per heavy atom. The van der Waals surface area contributed by atoms with E-state index < -0.39 is 12.1 Å². The molecule has 1 aliphatic heterocycles. The molecule has 142 valence electrons. The number of pyridine rings is 2. The fourth-order valence-electron chi connectivity index (χ4n) is 3.48. The average molecular weight is 375 g/mol. The van der Waals surface area contributed by atoms with Crippen molar-refractivity contribution in [3.63, 3.8) is 0 Å². The lowest BCUT2D eigenvalue weighted by atomic mass is 10.0. The molecule has 6 heteroatoms. The van der Waals surface area contributed by atoms with Crippen LogP contribution in [-0.2, 0) is 9.53 Å². The second-order valence-corrected chi connectivity index (χ2v) is 6.89. The van der Waals surface area contributed by atoms with Gasteiger partial charge in [0, 0.05) is 36.4 Å². The Kier molecular flexibility index (Phi) is 5.02. The molecular formula is C22H21N3O3. The summed E-state index contributed by atoms with van der Waals surface area (Å²) >= 11 is 0. The highest BCUT2D eigenvalue weighted by Gasteiger charge is 2.27. The van der Waals surface area contributed by atoms with E-state index >= 15 is 0 Å². The van der Waals surface area contributed by atoms with E-state index in [0.29, 0.717) is 22.2 Å². The summed E-state index contributed by atoms with van der Waals surface area (Å²) in [7, 11) is 0. The van der Waals surface area contributed by atoms with Gasteiger partial charge in [-0.3, -0.25) is 9.78 Å². The van der Waals surface area contributed by atoms with Crippen LogP contribution in [0.2, 0.25) is 0 Å². The first-order chi connectivity index (χ1) is 13.6. The monoisotopic (exact) mass is 375 g/mol. The fourth-order valence-corrected chi connectivity index (χ4v) is 3.48. The van der Waals surface area contributed by atoms with Gasteiger partial charge in [-0.1, -0.05) is 18.2 Å². The van der Waals surface area contributed by atoms with Gasteiger partial charge in [0.25, 0.3) is 5.91 Å². The predicted octanol–water partition coefficient (Wildman–Crippen LogP) is 3.46. The van der Waals surface area contributed by atoms with Crippen LogP contribution in [0, 0.1) is 0 Å². The molecule has 3 heterocycles. The van der Waals surface area contributed by atoms with E-state index in [1.54, 1.807) is 30.3 Å². The van der Waals surface area contributed by atoms with Crippen molar-refractivity contribution in [2.24, 2.45) is 0 Å². The van der Waals surface area contributed by atoms with Gasteiger partial charge in [0.1, 0.15) is 0 Å². The van der Waals surface area contributed by atoms with Crippen LogP contribution in [0.4, 0.5) is 0 Å². The summed E-state index contributed by atoms with van der Waals surface area (Å²) in [4.78, 5) is 35.9. The zero-order valence-corrected chi connectivity index (χ0v) is 15.7. The van der Waals surface area contributed by atoms with Crippen molar-refractivity contribution in [3.8, 4) is 11.3 Å². The van der Waals surface area contributed by atoms with Gasteiger partial charge in [0.15, 0.2) is 6.10 Å². The fraction of sp³-hybridized carbons (Fsp3) is 0.273. The maximum Gasteiger partial charge on any atom is 0.339 e. The first-order valence-electron chi connectivity index (χ1n) is 9.43. The summed E-state index contributed by atoms with van der Waals surface area (Å²) in [5.74, 6) is -0.660. The van der Waals surface area contributed by atoms with E-state index in [9.17, 15) is 9.59 Å². The number of para-hydroxylation sites is 1. The van der Waals surface area contributed by atoms with Crippen LogP contribution in [0.1, 0.15) is 30.1 Å². The molecule has 28 heavy (non-hydrogen) atoms. The quantitative estimate of drug-likeness (QED) is 0.653. The number of rotatable bonds is 4. The molecule has 2 aromatic heterocycles. The Bertz CT molecular complexity index is 1010. The molecule has 0 aliphatic carbocycles. The number of carbonyl (C=O) groups is 2. The summed E-state index contributed by atoms with van der Waals surface area (Å²) in [5.41, 5.74) is 2.61. The van der Waals surface area contributed by atoms with Crippen molar-refractivity contribution >= 4 is 22.8 Å². The number of benzene rings is 1. The predicted molar refractivity (Wildman–Crippen MR) is 106 cm³/mol. The number of likely N-dealkylation sites (tertiary alicyclic amines) is 1. The zero-order chi connectivity index (χ0) is 19.5. The lowest BCUT2D eigenvalue weighted by molar-refractivity contribution is -0.138. The van der Waals surface area contributed by atoms with Crippen LogP contribution >= 0.6 is 0 Å². The third-order valence-electron chi connectivity index (χ3n) is 4.96. The highest BCUT2D eigenvalue weighted by atomic mass is 16.5. The number of aromatic nitrogens is 2. The van der Waals surface area contributed by atoms with Gasteiger partial charge in [0.2, 0.25) is 0 Å². The molecule has 0 N–H and O–H groups in total. The zero-order valence-electron chi connectivity index (χ0n) is 15.7. The van der Waals surface area contributed by atoms with E-state index in [1.807, 2.05) is 36.4 Å². The van der Waals surface area contributed by atoms with Crippen molar-refractivity contribution in [3.05, 3.63) is 60.4 Å². The van der Waals surface area contributed by atoms with E-state index in [-0.39, 0.29) is 5.91 Å². The van der Waals surface area contributed by atoms with Crippen LogP contribution in [0.3, 0.4) is 0 Å². The van der Waals surface area contributed by atoms with Crippen LogP contribution in [-0.4, -0.2) is 45.9 Å². The molecule has 1 fully saturated rings. The van der Waals surface area contributed by atoms with Gasteiger partial charge < -0.3 is 9.64 Å². The molecule has 1 aromatic carbocycles. The third-order valence-corrected chi connectivity index (χ3v) is 4.96. The molecule has 0 bridgehead atoms. The number of amides is 1. The first-order valence-corrected chi connectivity index (χ1v) is 9.43. The molecule has 4 rings (SSSR count). The molecule has 0 saturated carbocycles. The summed E-state index contributed by atoms with van der Waals surface area (Å²) in [6, 6.07) is 12.8. The third kappa shape index (κ3) is 3.58. The van der Waals surface area contributed by atoms with Crippen LogP contribution in [0.25, 0.3) is 22.2 Å². The molecule has 0 radical (unpaired) electrons. The Labute approximate surface area is 163 Å². The number of carbonyl (C=O) groups excluding carboxylic acids is 2. The Hall–Kier alpha value is -3.28.